The number of carbonyl (C=O) groups excluding carboxylic acids is 1. The highest BCUT2D eigenvalue weighted by atomic mass is 35.5. The van der Waals surface area contributed by atoms with E-state index in [0.717, 1.165) is 9.21 Å². The lowest BCUT2D eigenvalue weighted by atomic mass is 9.82. The maximum atomic E-state index is 10.9. The van der Waals surface area contributed by atoms with E-state index in [1.165, 1.54) is 11.3 Å². The van der Waals surface area contributed by atoms with Gasteiger partial charge in [0.15, 0.2) is 0 Å². The summed E-state index contributed by atoms with van der Waals surface area (Å²) in [5, 5.41) is 0. The number of carbonyl (C=O) groups is 1. The Morgan fingerprint density at radius 1 is 1.56 bits per heavy atom. The number of thiophene rings is 1. The summed E-state index contributed by atoms with van der Waals surface area (Å²) in [7, 11) is 0. The van der Waals surface area contributed by atoms with E-state index in [4.69, 9.17) is 23.1 Å². The van der Waals surface area contributed by atoms with Crippen molar-refractivity contribution in [3.05, 3.63) is 21.3 Å². The Morgan fingerprint density at radius 3 is 2.62 bits per heavy atom. The Kier molecular flexibility index (Phi) is 4.35. The van der Waals surface area contributed by atoms with E-state index in [2.05, 4.69) is 0 Å². The van der Waals surface area contributed by atoms with Crippen LogP contribution in [-0.4, -0.2) is 5.91 Å². The maximum absolute atomic E-state index is 10.9. The predicted molar refractivity (Wildman–Crippen MR) is 68.5 cm³/mol. The molecule has 4 N–H and O–H groups in total. The van der Waals surface area contributed by atoms with Gasteiger partial charge in [-0.2, -0.15) is 0 Å². The van der Waals surface area contributed by atoms with E-state index in [-0.39, 0.29) is 17.4 Å². The molecule has 0 saturated carbocycles. The second-order valence-corrected chi connectivity index (χ2v) is 6.51. The van der Waals surface area contributed by atoms with Gasteiger partial charge in [-0.05, 0) is 24.0 Å². The zero-order valence-corrected chi connectivity index (χ0v) is 11.1. The molecule has 1 heterocycles. The normalized spacial score (nSPS) is 13.8. The van der Waals surface area contributed by atoms with Gasteiger partial charge in [0.2, 0.25) is 5.91 Å². The summed E-state index contributed by atoms with van der Waals surface area (Å²) in [5.41, 5.74) is 11.1. The van der Waals surface area contributed by atoms with E-state index in [1.807, 2.05) is 26.0 Å². The molecular weight excluding hydrogens is 244 g/mol. The van der Waals surface area contributed by atoms with Crippen molar-refractivity contribution in [2.24, 2.45) is 16.9 Å². The minimum Gasteiger partial charge on any atom is -0.370 e. The molecule has 1 rings (SSSR count). The summed E-state index contributed by atoms with van der Waals surface area (Å²) in [6, 6.07) is 3.67. The second-order valence-electron chi connectivity index (χ2n) is 4.76. The molecule has 0 aliphatic rings. The molecule has 3 nitrogen and oxygen atoms in total. The second kappa shape index (κ2) is 5.17. The van der Waals surface area contributed by atoms with Crippen LogP contribution < -0.4 is 11.5 Å². The third kappa shape index (κ3) is 4.12. The topological polar surface area (TPSA) is 69.1 Å². The number of halogens is 1. The van der Waals surface area contributed by atoms with E-state index >= 15 is 0 Å². The van der Waals surface area contributed by atoms with Crippen LogP contribution in [-0.2, 0) is 4.79 Å². The summed E-state index contributed by atoms with van der Waals surface area (Å²) >= 11 is 7.33. The van der Waals surface area contributed by atoms with Crippen LogP contribution in [0, 0.1) is 5.41 Å². The Morgan fingerprint density at radius 2 is 2.19 bits per heavy atom. The van der Waals surface area contributed by atoms with E-state index in [0.29, 0.717) is 12.8 Å². The van der Waals surface area contributed by atoms with Gasteiger partial charge in [-0.1, -0.05) is 25.4 Å². The highest BCUT2D eigenvalue weighted by Gasteiger charge is 2.25. The lowest BCUT2D eigenvalue weighted by molar-refractivity contribution is -0.120. The van der Waals surface area contributed by atoms with Crippen LogP contribution in [0.25, 0.3) is 0 Å². The molecule has 1 atom stereocenters. The van der Waals surface area contributed by atoms with Crippen molar-refractivity contribution in [2.75, 3.05) is 0 Å². The summed E-state index contributed by atoms with van der Waals surface area (Å²) in [6.45, 7) is 3.99. The fourth-order valence-corrected chi connectivity index (χ4v) is 2.83. The Hall–Kier alpha value is -0.580. The standard InChI is InChI=1S/C11H17ClN2OS/c1-11(2,6-10(14)15)5-7(13)8-3-4-9(12)16-8/h3-4,7H,5-6,13H2,1-2H3,(H2,14,15). The molecule has 0 fully saturated rings. The van der Waals surface area contributed by atoms with Gasteiger partial charge in [0, 0.05) is 17.3 Å². The third-order valence-electron chi connectivity index (χ3n) is 2.38. The Balaban J connectivity index is 2.63. The first kappa shape index (κ1) is 13.5. The molecule has 0 saturated heterocycles. The SMILES string of the molecule is CC(C)(CC(N)=O)CC(N)c1ccc(Cl)s1. The molecule has 90 valence electrons. The van der Waals surface area contributed by atoms with Gasteiger partial charge < -0.3 is 11.5 Å². The maximum Gasteiger partial charge on any atom is 0.217 e. The van der Waals surface area contributed by atoms with Gasteiger partial charge in [0.25, 0.3) is 0 Å². The minimum absolute atomic E-state index is 0.0909. The lowest BCUT2D eigenvalue weighted by Gasteiger charge is -2.26. The summed E-state index contributed by atoms with van der Waals surface area (Å²) in [6.07, 6.45) is 1.06. The molecule has 1 amide bonds. The summed E-state index contributed by atoms with van der Waals surface area (Å²) in [4.78, 5) is 11.9. The monoisotopic (exact) mass is 260 g/mol. The number of hydrogen-bond acceptors (Lipinski definition) is 3. The van der Waals surface area contributed by atoms with E-state index in [9.17, 15) is 4.79 Å². The van der Waals surface area contributed by atoms with Crippen molar-refractivity contribution in [2.45, 2.75) is 32.7 Å². The highest BCUT2D eigenvalue weighted by molar-refractivity contribution is 7.16. The van der Waals surface area contributed by atoms with Gasteiger partial charge in [0.05, 0.1) is 4.34 Å². The van der Waals surface area contributed by atoms with Crippen LogP contribution in [0.4, 0.5) is 0 Å². The molecule has 1 unspecified atom stereocenters. The van der Waals surface area contributed by atoms with Crippen LogP contribution in [0.3, 0.4) is 0 Å². The van der Waals surface area contributed by atoms with Crippen molar-refractivity contribution >= 4 is 28.8 Å². The zero-order chi connectivity index (χ0) is 12.3. The first-order valence-electron chi connectivity index (χ1n) is 5.09. The van der Waals surface area contributed by atoms with Gasteiger partial charge in [-0.3, -0.25) is 4.79 Å². The molecule has 0 aliphatic carbocycles. The quantitative estimate of drug-likeness (QED) is 0.855. The first-order valence-corrected chi connectivity index (χ1v) is 6.29. The average Bonchev–Trinajstić information content (AvgIpc) is 2.47. The fourth-order valence-electron chi connectivity index (χ4n) is 1.77. The van der Waals surface area contributed by atoms with Crippen LogP contribution in [0.1, 0.15) is 37.6 Å². The van der Waals surface area contributed by atoms with Crippen molar-refractivity contribution in [3.63, 3.8) is 0 Å². The fraction of sp³-hybridized carbons (Fsp3) is 0.545. The largest absolute Gasteiger partial charge is 0.370 e. The molecule has 0 spiro atoms. The van der Waals surface area contributed by atoms with Gasteiger partial charge in [-0.15, -0.1) is 11.3 Å². The number of amides is 1. The molecule has 0 aliphatic heterocycles. The molecule has 0 radical (unpaired) electrons. The van der Waals surface area contributed by atoms with E-state index in [1.54, 1.807) is 0 Å². The molecule has 5 heteroatoms. The number of hydrogen-bond donors (Lipinski definition) is 2. The molecule has 1 aromatic rings. The zero-order valence-electron chi connectivity index (χ0n) is 9.50. The van der Waals surface area contributed by atoms with Crippen LogP contribution in [0.5, 0.6) is 0 Å². The van der Waals surface area contributed by atoms with Gasteiger partial charge in [-0.25, -0.2) is 0 Å². The molecule has 0 aromatic carbocycles. The molecule has 16 heavy (non-hydrogen) atoms. The number of nitrogens with two attached hydrogens (primary N) is 2. The third-order valence-corrected chi connectivity index (χ3v) is 3.75. The van der Waals surface area contributed by atoms with Crippen LogP contribution in [0.15, 0.2) is 12.1 Å². The minimum atomic E-state index is -0.290. The lowest BCUT2D eigenvalue weighted by Crippen LogP contribution is -2.26. The molecular formula is C11H17ClN2OS. The Labute approximate surface area is 105 Å². The summed E-state index contributed by atoms with van der Waals surface area (Å²) in [5.74, 6) is -0.290. The highest BCUT2D eigenvalue weighted by Crippen LogP contribution is 2.35. The number of rotatable bonds is 5. The van der Waals surface area contributed by atoms with Crippen molar-refractivity contribution in [1.29, 1.82) is 0 Å². The molecule has 0 bridgehead atoms. The van der Waals surface area contributed by atoms with Crippen molar-refractivity contribution in [3.8, 4) is 0 Å². The average molecular weight is 261 g/mol. The van der Waals surface area contributed by atoms with Gasteiger partial charge >= 0.3 is 0 Å². The summed E-state index contributed by atoms with van der Waals surface area (Å²) < 4.78 is 0.734. The smallest absolute Gasteiger partial charge is 0.217 e. The Bertz CT molecular complexity index is 376. The molecule has 1 aromatic heterocycles. The van der Waals surface area contributed by atoms with Crippen LogP contribution in [0.2, 0.25) is 4.34 Å². The first-order chi connectivity index (χ1) is 7.30. The van der Waals surface area contributed by atoms with Crippen molar-refractivity contribution in [1.82, 2.24) is 0 Å². The van der Waals surface area contributed by atoms with E-state index < -0.39 is 0 Å². The van der Waals surface area contributed by atoms with Crippen LogP contribution >= 0.6 is 22.9 Å². The van der Waals surface area contributed by atoms with Gasteiger partial charge in [0.1, 0.15) is 0 Å². The van der Waals surface area contributed by atoms with Crippen molar-refractivity contribution < 1.29 is 4.79 Å². The number of primary amides is 1. The predicted octanol–water partition coefficient (Wildman–Crippen LogP) is 2.69.